The summed E-state index contributed by atoms with van der Waals surface area (Å²) < 4.78 is 14.7. The van der Waals surface area contributed by atoms with Crippen LogP contribution >= 0.6 is 0 Å². The lowest BCUT2D eigenvalue weighted by molar-refractivity contribution is 0.274. The Kier molecular flexibility index (Phi) is 3.39. The number of anilines is 1. The number of para-hydroxylation sites is 1. The molecule has 1 unspecified atom stereocenters. The summed E-state index contributed by atoms with van der Waals surface area (Å²) >= 11 is 0. The quantitative estimate of drug-likeness (QED) is 0.737. The van der Waals surface area contributed by atoms with Crippen LogP contribution in [-0.4, -0.2) is 23.7 Å². The Morgan fingerprint density at radius 2 is 1.90 bits per heavy atom. The minimum Gasteiger partial charge on any atom is -0.367 e. The highest BCUT2D eigenvalue weighted by Crippen LogP contribution is 2.29. The molecule has 0 aliphatic carbocycles. The second-order valence-corrected chi connectivity index (χ2v) is 4.94. The van der Waals surface area contributed by atoms with Gasteiger partial charge in [-0.1, -0.05) is 30.2 Å². The van der Waals surface area contributed by atoms with Crippen molar-refractivity contribution in [2.75, 3.05) is 18.0 Å². The highest BCUT2D eigenvalue weighted by molar-refractivity contribution is 5.49. The Bertz CT molecular complexity index is 630. The topological polar surface area (TPSA) is 16.1 Å². The third-order valence-corrected chi connectivity index (χ3v) is 3.42. The Morgan fingerprint density at radius 1 is 1.10 bits per heavy atom. The van der Waals surface area contributed by atoms with E-state index in [0.717, 1.165) is 5.69 Å². The largest absolute Gasteiger partial charge is 0.367 e. The van der Waals surface area contributed by atoms with Crippen LogP contribution in [0.25, 0.3) is 0 Å². The molecular formula is C17H15FN2. The molecule has 0 bridgehead atoms. The van der Waals surface area contributed by atoms with Gasteiger partial charge in [0.1, 0.15) is 5.69 Å². The van der Waals surface area contributed by atoms with Crippen molar-refractivity contribution in [3.8, 4) is 11.8 Å². The van der Waals surface area contributed by atoms with E-state index >= 15 is 0 Å². The first-order chi connectivity index (χ1) is 9.75. The number of nitrogens with zero attached hydrogens (tertiary/aromatic N) is 2. The van der Waals surface area contributed by atoms with Crippen LogP contribution in [0.1, 0.15) is 12.1 Å². The molecule has 1 aliphatic rings. The van der Waals surface area contributed by atoms with Gasteiger partial charge in [-0.2, -0.15) is 0 Å². The van der Waals surface area contributed by atoms with E-state index in [1.54, 1.807) is 12.3 Å². The summed E-state index contributed by atoms with van der Waals surface area (Å²) in [6.45, 7) is 1.01. The second-order valence-electron chi connectivity index (χ2n) is 4.94. The predicted octanol–water partition coefficient (Wildman–Crippen LogP) is 3.05. The number of benzene rings is 1. The molecule has 0 spiro atoms. The zero-order valence-electron chi connectivity index (χ0n) is 11.1. The van der Waals surface area contributed by atoms with Gasteiger partial charge in [-0.05, 0) is 30.2 Å². The Labute approximate surface area is 118 Å². The van der Waals surface area contributed by atoms with Crippen LogP contribution in [0.2, 0.25) is 0 Å². The van der Waals surface area contributed by atoms with Gasteiger partial charge in [0.05, 0.1) is 6.54 Å². The lowest BCUT2D eigenvalue weighted by Gasteiger charge is -2.18. The molecule has 100 valence electrons. The molecule has 2 aromatic rings. The van der Waals surface area contributed by atoms with Gasteiger partial charge in [-0.3, -0.25) is 0 Å². The van der Waals surface area contributed by atoms with Gasteiger partial charge in [0.15, 0.2) is 5.67 Å². The average molecular weight is 266 g/mol. The van der Waals surface area contributed by atoms with Crippen molar-refractivity contribution in [1.82, 2.24) is 4.98 Å². The summed E-state index contributed by atoms with van der Waals surface area (Å²) in [5.41, 5.74) is 0.210. The number of alkyl halides is 1. The monoisotopic (exact) mass is 266 g/mol. The minimum atomic E-state index is -1.45. The minimum absolute atomic E-state index is 0.316. The molecule has 20 heavy (non-hydrogen) atoms. The standard InChI is InChI=1S/C17H15FN2/c18-17(10-9-15-6-4-5-12-19-15)11-13-20(14-17)16-7-2-1-3-8-16/h1-8,12H,11,13-14H2. The fourth-order valence-electron chi connectivity index (χ4n) is 2.35. The molecule has 3 rings (SSSR count). The third kappa shape index (κ3) is 2.80. The summed E-state index contributed by atoms with van der Waals surface area (Å²) in [5, 5.41) is 0. The van der Waals surface area contributed by atoms with E-state index < -0.39 is 5.67 Å². The Hall–Kier alpha value is -2.34. The molecule has 0 N–H and O–H groups in total. The van der Waals surface area contributed by atoms with E-state index in [9.17, 15) is 4.39 Å². The molecule has 1 atom stereocenters. The summed E-state index contributed by atoms with van der Waals surface area (Å²) in [6.07, 6.45) is 2.10. The molecular weight excluding hydrogens is 251 g/mol. The number of hydrogen-bond acceptors (Lipinski definition) is 2. The van der Waals surface area contributed by atoms with Crippen molar-refractivity contribution >= 4 is 5.69 Å². The van der Waals surface area contributed by atoms with Crippen LogP contribution in [0.5, 0.6) is 0 Å². The van der Waals surface area contributed by atoms with Crippen LogP contribution in [-0.2, 0) is 0 Å². The number of halogens is 1. The SMILES string of the molecule is FC1(C#Cc2ccccn2)CCN(c2ccccc2)C1. The lowest BCUT2D eigenvalue weighted by Crippen LogP contribution is -2.27. The van der Waals surface area contributed by atoms with Gasteiger partial charge in [0.25, 0.3) is 0 Å². The molecule has 3 heteroatoms. The fraction of sp³-hybridized carbons (Fsp3) is 0.235. The molecule has 1 aromatic heterocycles. The number of aromatic nitrogens is 1. The number of rotatable bonds is 1. The Morgan fingerprint density at radius 3 is 2.65 bits per heavy atom. The van der Waals surface area contributed by atoms with E-state index in [-0.39, 0.29) is 0 Å². The summed E-state index contributed by atoms with van der Waals surface area (Å²) in [6, 6.07) is 15.4. The van der Waals surface area contributed by atoms with E-state index in [2.05, 4.69) is 16.8 Å². The molecule has 0 saturated carbocycles. The smallest absolute Gasteiger partial charge is 0.190 e. The van der Waals surface area contributed by atoms with Crippen molar-refractivity contribution in [2.24, 2.45) is 0 Å². The zero-order chi connectivity index (χ0) is 13.8. The molecule has 1 saturated heterocycles. The van der Waals surface area contributed by atoms with Gasteiger partial charge < -0.3 is 4.90 Å². The molecule has 0 amide bonds. The van der Waals surface area contributed by atoms with Crippen molar-refractivity contribution in [2.45, 2.75) is 12.1 Å². The van der Waals surface area contributed by atoms with Crippen molar-refractivity contribution in [3.05, 3.63) is 60.4 Å². The molecule has 1 fully saturated rings. The van der Waals surface area contributed by atoms with Crippen LogP contribution in [0.4, 0.5) is 10.1 Å². The fourth-order valence-corrected chi connectivity index (χ4v) is 2.35. The zero-order valence-corrected chi connectivity index (χ0v) is 11.1. The maximum Gasteiger partial charge on any atom is 0.190 e. The normalized spacial score (nSPS) is 21.4. The first-order valence-corrected chi connectivity index (χ1v) is 6.68. The highest BCUT2D eigenvalue weighted by Gasteiger charge is 2.36. The number of hydrogen-bond donors (Lipinski definition) is 0. The van der Waals surface area contributed by atoms with Crippen LogP contribution in [0, 0.1) is 11.8 Å². The summed E-state index contributed by atoms with van der Waals surface area (Å²) in [4.78, 5) is 6.13. The first kappa shape index (κ1) is 12.7. The van der Waals surface area contributed by atoms with Gasteiger partial charge in [0.2, 0.25) is 0 Å². The van der Waals surface area contributed by atoms with Crippen LogP contribution in [0.3, 0.4) is 0 Å². The maximum atomic E-state index is 14.7. The van der Waals surface area contributed by atoms with Crippen molar-refractivity contribution in [3.63, 3.8) is 0 Å². The third-order valence-electron chi connectivity index (χ3n) is 3.42. The van der Waals surface area contributed by atoms with E-state index in [1.807, 2.05) is 47.4 Å². The highest BCUT2D eigenvalue weighted by atomic mass is 19.1. The molecule has 2 heterocycles. The Balaban J connectivity index is 1.74. The van der Waals surface area contributed by atoms with Crippen molar-refractivity contribution in [1.29, 1.82) is 0 Å². The van der Waals surface area contributed by atoms with Crippen LogP contribution < -0.4 is 4.90 Å². The maximum absolute atomic E-state index is 14.7. The summed E-state index contributed by atoms with van der Waals surface area (Å²) in [5.74, 6) is 5.59. The molecule has 2 nitrogen and oxygen atoms in total. The van der Waals surface area contributed by atoms with E-state index in [0.29, 0.717) is 25.2 Å². The van der Waals surface area contributed by atoms with E-state index in [1.165, 1.54) is 0 Å². The molecule has 1 aromatic carbocycles. The molecule has 1 aliphatic heterocycles. The second kappa shape index (κ2) is 5.34. The van der Waals surface area contributed by atoms with Gasteiger partial charge in [-0.15, -0.1) is 0 Å². The van der Waals surface area contributed by atoms with Gasteiger partial charge in [0, 0.05) is 24.8 Å². The van der Waals surface area contributed by atoms with E-state index in [4.69, 9.17) is 0 Å². The van der Waals surface area contributed by atoms with Crippen LogP contribution in [0.15, 0.2) is 54.7 Å². The predicted molar refractivity (Wildman–Crippen MR) is 78.2 cm³/mol. The molecule has 0 radical (unpaired) electrons. The van der Waals surface area contributed by atoms with Crippen molar-refractivity contribution < 1.29 is 4.39 Å². The van der Waals surface area contributed by atoms with Gasteiger partial charge >= 0.3 is 0 Å². The lowest BCUT2D eigenvalue weighted by atomic mass is 10.1. The first-order valence-electron chi connectivity index (χ1n) is 6.68. The summed E-state index contributed by atoms with van der Waals surface area (Å²) in [7, 11) is 0. The van der Waals surface area contributed by atoms with Gasteiger partial charge in [-0.25, -0.2) is 9.37 Å². The average Bonchev–Trinajstić information content (AvgIpc) is 2.90. The number of pyridine rings is 1.